The summed E-state index contributed by atoms with van der Waals surface area (Å²) in [4.78, 5) is 0. The minimum Gasteiger partial charge on any atom is -0.317 e. The van der Waals surface area contributed by atoms with Crippen molar-refractivity contribution in [3.63, 3.8) is 0 Å². The van der Waals surface area contributed by atoms with Crippen LogP contribution >= 0.6 is 0 Å². The topological polar surface area (TPSA) is 24.1 Å². The predicted octanol–water partition coefficient (Wildman–Crippen LogP) is 3.30. The van der Waals surface area contributed by atoms with E-state index < -0.39 is 0 Å². The van der Waals surface area contributed by atoms with Gasteiger partial charge in [0.25, 0.3) is 0 Å². The fourth-order valence-electron chi connectivity index (χ4n) is 3.84. The molecule has 110 valence electrons. The highest BCUT2D eigenvalue weighted by molar-refractivity contribution is 5.27. The number of nitrogens with one attached hydrogen (secondary N) is 2. The minimum atomic E-state index is 0.559. The van der Waals surface area contributed by atoms with Gasteiger partial charge in [0.1, 0.15) is 0 Å². The molecule has 2 nitrogen and oxygen atoms in total. The highest BCUT2D eigenvalue weighted by Gasteiger charge is 2.40. The third kappa shape index (κ3) is 3.24. The first-order valence-corrected chi connectivity index (χ1v) is 8.32. The Labute approximate surface area is 123 Å². The number of benzene rings is 1. The lowest BCUT2D eigenvalue weighted by molar-refractivity contribution is 0.175. The van der Waals surface area contributed by atoms with E-state index in [4.69, 9.17) is 0 Å². The molecule has 2 atom stereocenters. The van der Waals surface area contributed by atoms with Crippen molar-refractivity contribution in [1.82, 2.24) is 10.6 Å². The van der Waals surface area contributed by atoms with Crippen LogP contribution in [0.1, 0.15) is 50.5 Å². The van der Waals surface area contributed by atoms with Gasteiger partial charge in [-0.3, -0.25) is 0 Å². The molecule has 1 heterocycles. The zero-order chi connectivity index (χ0) is 13.8. The molecule has 0 amide bonds. The molecule has 1 saturated heterocycles. The Bertz CT molecular complexity index is 403. The number of hydrogen-bond donors (Lipinski definition) is 2. The highest BCUT2D eigenvalue weighted by atomic mass is 15.0. The largest absolute Gasteiger partial charge is 0.317 e. The van der Waals surface area contributed by atoms with Crippen molar-refractivity contribution in [3.05, 3.63) is 35.9 Å². The van der Waals surface area contributed by atoms with Crippen LogP contribution in [0.25, 0.3) is 0 Å². The van der Waals surface area contributed by atoms with Crippen LogP contribution in [-0.4, -0.2) is 25.7 Å². The highest BCUT2D eigenvalue weighted by Crippen LogP contribution is 2.42. The number of rotatable bonds is 6. The van der Waals surface area contributed by atoms with E-state index >= 15 is 0 Å². The molecule has 2 N–H and O–H groups in total. The second kappa shape index (κ2) is 6.28. The molecule has 2 heteroatoms. The van der Waals surface area contributed by atoms with E-state index in [-0.39, 0.29) is 0 Å². The van der Waals surface area contributed by atoms with E-state index in [0.717, 1.165) is 12.0 Å². The Balaban J connectivity index is 1.52. The second-order valence-electron chi connectivity index (χ2n) is 6.74. The van der Waals surface area contributed by atoms with E-state index in [9.17, 15) is 0 Å². The Morgan fingerprint density at radius 3 is 2.65 bits per heavy atom. The molecule has 3 rings (SSSR count). The van der Waals surface area contributed by atoms with Gasteiger partial charge in [-0.25, -0.2) is 0 Å². The lowest BCUT2D eigenvalue weighted by Crippen LogP contribution is -2.43. The van der Waals surface area contributed by atoms with Crippen molar-refractivity contribution in [1.29, 1.82) is 0 Å². The molecule has 0 aromatic heterocycles. The third-order valence-corrected chi connectivity index (χ3v) is 5.20. The van der Waals surface area contributed by atoms with E-state index in [1.165, 1.54) is 57.3 Å². The van der Waals surface area contributed by atoms with Crippen LogP contribution in [0.15, 0.2) is 30.3 Å². The van der Waals surface area contributed by atoms with E-state index in [2.05, 4.69) is 47.9 Å². The monoisotopic (exact) mass is 272 g/mol. The van der Waals surface area contributed by atoms with Gasteiger partial charge in [0, 0.05) is 18.5 Å². The van der Waals surface area contributed by atoms with Gasteiger partial charge in [-0.15, -0.1) is 0 Å². The van der Waals surface area contributed by atoms with Crippen LogP contribution < -0.4 is 10.6 Å². The summed E-state index contributed by atoms with van der Waals surface area (Å²) in [5.74, 6) is 0.761. The maximum absolute atomic E-state index is 3.87. The zero-order valence-electron chi connectivity index (χ0n) is 12.7. The summed E-state index contributed by atoms with van der Waals surface area (Å²) in [5, 5.41) is 7.38. The van der Waals surface area contributed by atoms with Gasteiger partial charge in [-0.2, -0.15) is 0 Å². The predicted molar refractivity (Wildman–Crippen MR) is 85.0 cm³/mol. The molecule has 1 aliphatic carbocycles. The molecule has 1 aromatic rings. The summed E-state index contributed by atoms with van der Waals surface area (Å²) < 4.78 is 0. The molecular weight excluding hydrogens is 244 g/mol. The molecule has 0 bridgehead atoms. The summed E-state index contributed by atoms with van der Waals surface area (Å²) >= 11 is 0. The molecule has 20 heavy (non-hydrogen) atoms. The summed E-state index contributed by atoms with van der Waals surface area (Å²) in [6, 6.07) is 11.7. The average molecular weight is 272 g/mol. The lowest BCUT2D eigenvalue weighted by atomic mass is 9.75. The molecule has 2 unspecified atom stereocenters. The van der Waals surface area contributed by atoms with Crippen LogP contribution in [0.5, 0.6) is 0 Å². The summed E-state index contributed by atoms with van der Waals surface area (Å²) in [7, 11) is 0. The Morgan fingerprint density at radius 2 is 1.95 bits per heavy atom. The fourth-order valence-corrected chi connectivity index (χ4v) is 3.84. The van der Waals surface area contributed by atoms with Crippen molar-refractivity contribution in [3.8, 4) is 0 Å². The second-order valence-corrected chi connectivity index (χ2v) is 6.74. The van der Waals surface area contributed by atoms with Gasteiger partial charge in [0.2, 0.25) is 0 Å². The van der Waals surface area contributed by atoms with Crippen molar-refractivity contribution in [2.75, 3.05) is 19.6 Å². The number of hydrogen-bond acceptors (Lipinski definition) is 2. The van der Waals surface area contributed by atoms with Crippen molar-refractivity contribution >= 4 is 0 Å². The van der Waals surface area contributed by atoms with Crippen molar-refractivity contribution in [2.45, 2.75) is 51.0 Å². The summed E-state index contributed by atoms with van der Waals surface area (Å²) in [6.07, 6.45) is 6.70. The van der Waals surface area contributed by atoms with Gasteiger partial charge in [0.05, 0.1) is 0 Å². The Morgan fingerprint density at radius 1 is 1.20 bits per heavy atom. The molecule has 0 spiro atoms. The molecule has 1 saturated carbocycles. The van der Waals surface area contributed by atoms with Crippen LogP contribution in [0.4, 0.5) is 0 Å². The van der Waals surface area contributed by atoms with Crippen LogP contribution in [0.3, 0.4) is 0 Å². The Hall–Kier alpha value is -0.860. The summed E-state index contributed by atoms with van der Waals surface area (Å²) in [5.41, 5.74) is 2.07. The van der Waals surface area contributed by atoms with Gasteiger partial charge in [-0.05, 0) is 49.8 Å². The van der Waals surface area contributed by atoms with Crippen LogP contribution in [-0.2, 0) is 0 Å². The van der Waals surface area contributed by atoms with Gasteiger partial charge < -0.3 is 10.6 Å². The smallest absolute Gasteiger partial charge is 0.0143 e. The molecule has 1 aliphatic heterocycles. The fraction of sp³-hybridized carbons (Fsp3) is 0.667. The Kier molecular flexibility index (Phi) is 4.42. The van der Waals surface area contributed by atoms with Crippen LogP contribution in [0.2, 0.25) is 0 Å². The zero-order valence-corrected chi connectivity index (χ0v) is 12.7. The summed E-state index contributed by atoms with van der Waals surface area (Å²) in [6.45, 7) is 5.95. The molecule has 1 aromatic carbocycles. The van der Waals surface area contributed by atoms with Crippen molar-refractivity contribution < 1.29 is 0 Å². The van der Waals surface area contributed by atoms with Gasteiger partial charge in [0.15, 0.2) is 0 Å². The quantitative estimate of drug-likeness (QED) is 0.830. The molecule has 0 radical (unpaired) electrons. The SMILES string of the molecule is CCCC1(CNC2CC2c2ccccc2)CCNCC1. The minimum absolute atomic E-state index is 0.559. The normalized spacial score (nSPS) is 28.2. The molecular formula is C18H28N2. The van der Waals surface area contributed by atoms with E-state index in [1.54, 1.807) is 0 Å². The van der Waals surface area contributed by atoms with Gasteiger partial charge >= 0.3 is 0 Å². The van der Waals surface area contributed by atoms with Crippen LogP contribution in [0, 0.1) is 5.41 Å². The maximum atomic E-state index is 3.87. The standard InChI is InChI=1S/C18H28N2/c1-2-8-18(9-11-19-12-10-18)14-20-17-13-16(17)15-6-4-3-5-7-15/h3-7,16-17,19-20H,2,8-14H2,1H3. The first kappa shape index (κ1) is 14.1. The maximum Gasteiger partial charge on any atom is 0.0143 e. The first-order chi connectivity index (χ1) is 9.83. The van der Waals surface area contributed by atoms with Crippen molar-refractivity contribution in [2.24, 2.45) is 5.41 Å². The lowest BCUT2D eigenvalue weighted by Gasteiger charge is -2.38. The van der Waals surface area contributed by atoms with Gasteiger partial charge in [-0.1, -0.05) is 43.7 Å². The molecule has 2 aliphatic rings. The molecule has 2 fully saturated rings. The van der Waals surface area contributed by atoms with E-state index in [1.807, 2.05) is 0 Å². The number of piperidine rings is 1. The average Bonchev–Trinajstić information content (AvgIpc) is 3.27. The first-order valence-electron chi connectivity index (χ1n) is 8.32. The third-order valence-electron chi connectivity index (χ3n) is 5.20. The van der Waals surface area contributed by atoms with E-state index in [0.29, 0.717) is 5.41 Å².